The molecule has 0 aromatic heterocycles. The lowest BCUT2D eigenvalue weighted by Gasteiger charge is -2.40. The van der Waals surface area contributed by atoms with Crippen molar-refractivity contribution in [1.29, 1.82) is 0 Å². The normalized spacial score (nSPS) is 18.5. The maximum absolute atomic E-state index is 13.2. The average molecular weight is 1130 g/mol. The van der Waals surface area contributed by atoms with Gasteiger partial charge in [-0.1, -0.05) is 226 Å². The Balaban J connectivity index is 2.73. The van der Waals surface area contributed by atoms with Gasteiger partial charge in [-0.25, -0.2) is 4.79 Å². The van der Waals surface area contributed by atoms with Crippen molar-refractivity contribution in [3.05, 3.63) is 109 Å². The molecule has 460 valence electrons. The zero-order chi connectivity index (χ0) is 58.9. The van der Waals surface area contributed by atoms with Gasteiger partial charge in [-0.15, -0.1) is 0 Å². The molecule has 3 N–H and O–H groups in total. The molecule has 1 fully saturated rings. The Labute approximate surface area is 491 Å². The highest BCUT2D eigenvalue weighted by atomic mass is 16.7. The van der Waals surface area contributed by atoms with Crippen LogP contribution in [-0.4, -0.2) is 89.2 Å². The van der Waals surface area contributed by atoms with Crippen LogP contribution in [0, 0.1) is 0 Å². The van der Waals surface area contributed by atoms with Crippen molar-refractivity contribution in [2.45, 2.75) is 289 Å². The van der Waals surface area contributed by atoms with E-state index in [1.807, 2.05) is 12.2 Å². The minimum atomic E-state index is -1.92. The molecule has 0 aromatic carbocycles. The maximum atomic E-state index is 13.2. The summed E-state index contributed by atoms with van der Waals surface area (Å²) in [4.78, 5) is 51.3. The van der Waals surface area contributed by atoms with Gasteiger partial charge >= 0.3 is 23.9 Å². The van der Waals surface area contributed by atoms with Gasteiger partial charge in [0, 0.05) is 19.3 Å². The van der Waals surface area contributed by atoms with Gasteiger partial charge < -0.3 is 39.0 Å². The first-order valence-electron chi connectivity index (χ1n) is 31.9. The fourth-order valence-electron chi connectivity index (χ4n) is 8.95. The van der Waals surface area contributed by atoms with Gasteiger partial charge in [0.1, 0.15) is 18.8 Å². The third kappa shape index (κ3) is 45.6. The predicted octanol–water partition coefficient (Wildman–Crippen LogP) is 17.0. The molecule has 0 radical (unpaired) electrons. The summed E-state index contributed by atoms with van der Waals surface area (Å²) >= 11 is 0. The number of hydrogen-bond acceptors (Lipinski definition) is 11. The Morgan fingerprint density at radius 3 is 1.27 bits per heavy atom. The summed E-state index contributed by atoms with van der Waals surface area (Å²) in [6.07, 6.45) is 63.4. The molecule has 0 aromatic rings. The molecular weight excluding hydrogens is 1020 g/mol. The first-order chi connectivity index (χ1) is 39.6. The molecule has 12 heteroatoms. The number of carboxylic acid groups (broad SMARTS) is 1. The Morgan fingerprint density at radius 2 is 0.802 bits per heavy atom. The van der Waals surface area contributed by atoms with Gasteiger partial charge in [0.15, 0.2) is 24.6 Å². The van der Waals surface area contributed by atoms with E-state index in [4.69, 9.17) is 23.7 Å². The minimum absolute atomic E-state index is 0.0424. The van der Waals surface area contributed by atoms with Crippen LogP contribution in [0.5, 0.6) is 0 Å². The van der Waals surface area contributed by atoms with E-state index in [0.717, 1.165) is 122 Å². The molecule has 1 heterocycles. The number of carbonyl (C=O) groups is 4. The summed E-state index contributed by atoms with van der Waals surface area (Å²) in [6.45, 7) is 5.78. The number of aliphatic hydroxyl groups is 2. The number of ether oxygens (including phenoxy) is 5. The number of aliphatic carboxylic acids is 1. The van der Waals surface area contributed by atoms with E-state index in [-0.39, 0.29) is 25.9 Å². The second-order valence-corrected chi connectivity index (χ2v) is 21.3. The number of unbranched alkanes of at least 4 members (excludes halogenated alkanes) is 21. The van der Waals surface area contributed by atoms with Gasteiger partial charge in [0.25, 0.3) is 0 Å². The minimum Gasteiger partial charge on any atom is -0.479 e. The smallest absolute Gasteiger partial charge is 0.335 e. The van der Waals surface area contributed by atoms with Crippen molar-refractivity contribution < 1.29 is 58.2 Å². The molecule has 0 saturated carbocycles. The van der Waals surface area contributed by atoms with Gasteiger partial charge in [-0.05, 0) is 116 Å². The predicted molar refractivity (Wildman–Crippen MR) is 330 cm³/mol. The second-order valence-electron chi connectivity index (χ2n) is 21.3. The molecular formula is C69H112O12. The lowest BCUT2D eigenvalue weighted by atomic mass is 9.98. The number of carbonyl (C=O) groups excluding carboxylic acids is 3. The molecule has 1 aliphatic heterocycles. The highest BCUT2D eigenvalue weighted by molar-refractivity contribution is 5.74. The molecule has 1 saturated heterocycles. The highest BCUT2D eigenvalue weighted by Crippen LogP contribution is 2.26. The van der Waals surface area contributed by atoms with Crippen molar-refractivity contribution in [3.8, 4) is 0 Å². The van der Waals surface area contributed by atoms with Crippen molar-refractivity contribution in [1.82, 2.24) is 0 Å². The molecule has 0 amide bonds. The maximum Gasteiger partial charge on any atom is 0.335 e. The third-order valence-corrected chi connectivity index (χ3v) is 13.8. The van der Waals surface area contributed by atoms with E-state index < -0.39 is 67.3 Å². The number of carboxylic acids is 1. The highest BCUT2D eigenvalue weighted by Gasteiger charge is 2.50. The largest absolute Gasteiger partial charge is 0.479 e. The van der Waals surface area contributed by atoms with E-state index in [0.29, 0.717) is 19.3 Å². The number of rotatable bonds is 53. The summed E-state index contributed by atoms with van der Waals surface area (Å²) in [6, 6.07) is 0. The van der Waals surface area contributed by atoms with Crippen molar-refractivity contribution in [3.63, 3.8) is 0 Å². The SMILES string of the molecule is CC/C=C\C/C=C\C/C=C\C/C=C\C/C=C\C/C=C\CCC(=O)OCC(COC1OC(C(=O)O)C(O)C(O)C1OC(=O)CCCCCCCCC/C=C\CCCCCCCC)OC(=O)CCCCCCC/C=C\C/C=C\CCCCC. The topological polar surface area (TPSA) is 175 Å². The number of esters is 3. The molecule has 0 bridgehead atoms. The number of hydrogen-bond donors (Lipinski definition) is 3. The second kappa shape index (κ2) is 55.9. The molecule has 1 aliphatic rings. The van der Waals surface area contributed by atoms with Gasteiger partial charge in [-0.3, -0.25) is 14.4 Å². The van der Waals surface area contributed by atoms with Gasteiger partial charge in [0.05, 0.1) is 6.61 Å². The van der Waals surface area contributed by atoms with Gasteiger partial charge in [-0.2, -0.15) is 0 Å². The Hall–Kier alpha value is -4.62. The van der Waals surface area contributed by atoms with E-state index in [2.05, 4.69) is 118 Å². The summed E-state index contributed by atoms with van der Waals surface area (Å²) < 4.78 is 28.4. The summed E-state index contributed by atoms with van der Waals surface area (Å²) in [5.74, 6) is -3.26. The quantitative estimate of drug-likeness (QED) is 0.0228. The van der Waals surface area contributed by atoms with Crippen LogP contribution in [0.2, 0.25) is 0 Å². The van der Waals surface area contributed by atoms with E-state index in [9.17, 15) is 34.5 Å². The Kier molecular flexibility index (Phi) is 51.3. The number of aliphatic hydroxyl groups excluding tert-OH is 2. The molecule has 0 aliphatic carbocycles. The first-order valence-corrected chi connectivity index (χ1v) is 31.9. The molecule has 6 unspecified atom stereocenters. The molecule has 0 spiro atoms. The van der Waals surface area contributed by atoms with Crippen LogP contribution in [0.1, 0.15) is 252 Å². The van der Waals surface area contributed by atoms with Crippen LogP contribution in [-0.2, 0) is 42.9 Å². The Morgan fingerprint density at radius 1 is 0.420 bits per heavy atom. The molecule has 12 nitrogen and oxygen atoms in total. The van der Waals surface area contributed by atoms with Crippen molar-refractivity contribution in [2.24, 2.45) is 0 Å². The van der Waals surface area contributed by atoms with Crippen LogP contribution in [0.25, 0.3) is 0 Å². The van der Waals surface area contributed by atoms with Crippen LogP contribution < -0.4 is 0 Å². The lowest BCUT2D eigenvalue weighted by Crippen LogP contribution is -2.61. The summed E-state index contributed by atoms with van der Waals surface area (Å²) in [5, 5.41) is 31.6. The summed E-state index contributed by atoms with van der Waals surface area (Å²) in [7, 11) is 0. The van der Waals surface area contributed by atoms with Gasteiger partial charge in [0.2, 0.25) is 0 Å². The van der Waals surface area contributed by atoms with E-state index in [1.54, 1.807) is 0 Å². The fraction of sp³-hybridized carbons (Fsp3) is 0.681. The van der Waals surface area contributed by atoms with Crippen LogP contribution in [0.3, 0.4) is 0 Å². The standard InChI is InChI=1S/C69H112O12/c1-4-7-10-13-16-19-22-25-28-30-31-33-35-37-40-43-46-49-52-55-61(70)77-58-60(79-62(71)56-53-50-47-44-41-38-34-27-24-21-18-15-12-9-6-3)59-78-69-67(65(74)64(73)66(81-69)68(75)76)80-63(72)57-54-51-48-45-42-39-36-32-29-26-23-20-17-14-11-8-5-2/h7,10,16,18-19,21,25-29,31,33-34,37,40,46,49,60,64-67,69,73-74H,4-6,8-9,11-15,17,20,22-24,30,32,35-36,38-39,41-45,47-48,50-59H2,1-3H3,(H,75,76)/b10-7-,19-16-,21-18-,28-25-,29-26-,33-31-,34-27-,40-37-,49-46-. The number of allylic oxidation sites excluding steroid dienone is 18. The summed E-state index contributed by atoms with van der Waals surface area (Å²) in [5.41, 5.74) is 0. The zero-order valence-corrected chi connectivity index (χ0v) is 50.7. The van der Waals surface area contributed by atoms with Crippen molar-refractivity contribution >= 4 is 23.9 Å². The van der Waals surface area contributed by atoms with Crippen LogP contribution >= 0.6 is 0 Å². The third-order valence-electron chi connectivity index (χ3n) is 13.8. The Bertz CT molecular complexity index is 1820. The molecule has 6 atom stereocenters. The monoisotopic (exact) mass is 1130 g/mol. The average Bonchev–Trinajstić information content (AvgIpc) is 3.53. The fourth-order valence-corrected chi connectivity index (χ4v) is 8.95. The molecule has 1 rings (SSSR count). The van der Waals surface area contributed by atoms with Crippen LogP contribution in [0.15, 0.2) is 109 Å². The zero-order valence-electron chi connectivity index (χ0n) is 50.7. The van der Waals surface area contributed by atoms with Crippen molar-refractivity contribution in [2.75, 3.05) is 13.2 Å². The van der Waals surface area contributed by atoms with E-state index in [1.165, 1.54) is 70.6 Å². The lowest BCUT2D eigenvalue weighted by molar-refractivity contribution is -0.301. The molecule has 81 heavy (non-hydrogen) atoms. The van der Waals surface area contributed by atoms with E-state index >= 15 is 0 Å². The van der Waals surface area contributed by atoms with Crippen LogP contribution in [0.4, 0.5) is 0 Å². The first kappa shape index (κ1) is 74.4.